The largest absolute Gasteiger partial charge is 0.481 e. The van der Waals surface area contributed by atoms with Gasteiger partial charge in [0.15, 0.2) is 0 Å². The smallest absolute Gasteiger partial charge is 0.303 e. The van der Waals surface area contributed by atoms with Crippen molar-refractivity contribution in [1.82, 2.24) is 0 Å². The number of aliphatic carboxylic acids is 1. The first-order chi connectivity index (χ1) is 10.8. The van der Waals surface area contributed by atoms with Crippen molar-refractivity contribution in [3.8, 4) is 0 Å². The molecule has 0 aliphatic carbocycles. The summed E-state index contributed by atoms with van der Waals surface area (Å²) in [5.41, 5.74) is 0. The third kappa shape index (κ3) is 18.7. The Morgan fingerprint density at radius 1 is 0.727 bits per heavy atom. The lowest BCUT2D eigenvalue weighted by Gasteiger charge is -1.95. The van der Waals surface area contributed by atoms with Crippen LogP contribution in [-0.2, 0) is 4.79 Å². The van der Waals surface area contributed by atoms with E-state index in [4.69, 9.17) is 5.11 Å². The van der Waals surface area contributed by atoms with Crippen LogP contribution in [-0.4, -0.2) is 11.1 Å². The lowest BCUT2D eigenvalue weighted by molar-refractivity contribution is -0.137. The maximum Gasteiger partial charge on any atom is 0.303 e. The zero-order valence-electron chi connectivity index (χ0n) is 14.3. The van der Waals surface area contributed by atoms with E-state index < -0.39 is 5.97 Å². The van der Waals surface area contributed by atoms with E-state index in [1.807, 2.05) is 0 Å². The number of hydrogen-bond donors (Lipinski definition) is 1. The molecule has 126 valence electrons. The monoisotopic (exact) mass is 306 g/mol. The van der Waals surface area contributed by atoms with Crippen LogP contribution in [0.2, 0.25) is 0 Å². The predicted molar refractivity (Wildman–Crippen MR) is 96.1 cm³/mol. The quantitative estimate of drug-likeness (QED) is 0.279. The molecule has 0 aliphatic heterocycles. The van der Waals surface area contributed by atoms with Crippen molar-refractivity contribution >= 4 is 5.97 Å². The van der Waals surface area contributed by atoms with Gasteiger partial charge in [-0.2, -0.15) is 0 Å². The van der Waals surface area contributed by atoms with E-state index in [1.54, 1.807) is 0 Å². The molecular formula is C20H34O2. The molecule has 2 nitrogen and oxygen atoms in total. The van der Waals surface area contributed by atoms with Crippen LogP contribution in [0, 0.1) is 0 Å². The van der Waals surface area contributed by atoms with Gasteiger partial charge in [0.25, 0.3) is 0 Å². The van der Waals surface area contributed by atoms with Crippen molar-refractivity contribution in [3.05, 3.63) is 36.5 Å². The van der Waals surface area contributed by atoms with Gasteiger partial charge in [0.1, 0.15) is 0 Å². The fourth-order valence-corrected chi connectivity index (χ4v) is 2.16. The zero-order chi connectivity index (χ0) is 16.3. The summed E-state index contributed by atoms with van der Waals surface area (Å²) >= 11 is 0. The number of rotatable bonds is 15. The van der Waals surface area contributed by atoms with Crippen LogP contribution in [0.5, 0.6) is 0 Å². The maximum absolute atomic E-state index is 10.3. The summed E-state index contributed by atoms with van der Waals surface area (Å²) in [7, 11) is 0. The van der Waals surface area contributed by atoms with Crippen LogP contribution in [0.1, 0.15) is 84.0 Å². The Bertz CT molecular complexity index is 327. The summed E-state index contributed by atoms with van der Waals surface area (Å²) in [5.74, 6) is -0.682. The molecule has 0 radical (unpaired) electrons. The van der Waals surface area contributed by atoms with E-state index in [0.717, 1.165) is 44.9 Å². The molecule has 0 bridgehead atoms. The number of carboxylic acids is 1. The molecule has 0 spiro atoms. The average molecular weight is 306 g/mol. The van der Waals surface area contributed by atoms with Gasteiger partial charge < -0.3 is 5.11 Å². The molecule has 0 aromatic rings. The second-order valence-corrected chi connectivity index (χ2v) is 5.72. The summed E-state index contributed by atoms with van der Waals surface area (Å²) in [6.45, 7) is 2.24. The van der Waals surface area contributed by atoms with Gasteiger partial charge in [0.2, 0.25) is 0 Å². The molecule has 0 saturated carbocycles. The molecule has 0 heterocycles. The van der Waals surface area contributed by atoms with Crippen LogP contribution in [0.15, 0.2) is 36.5 Å². The summed E-state index contributed by atoms with van der Waals surface area (Å²) in [6.07, 6.45) is 26.3. The van der Waals surface area contributed by atoms with Crippen molar-refractivity contribution in [2.75, 3.05) is 0 Å². The van der Waals surface area contributed by atoms with Crippen molar-refractivity contribution in [3.63, 3.8) is 0 Å². The Morgan fingerprint density at radius 2 is 1.27 bits per heavy atom. The molecule has 0 unspecified atom stereocenters. The van der Waals surface area contributed by atoms with Gasteiger partial charge in [-0.1, -0.05) is 62.6 Å². The standard InChI is InChI=1S/C20H34O2/c1-2-3-4-5-6-7-8-9-10-11-12-13-14-15-16-17-18-19-20(21)22/h6-7,9-10,13-14H,2-5,8,11-12,15-19H2,1H3,(H,21,22)/b7-6+,10-9+,14-13+. The van der Waals surface area contributed by atoms with Crippen LogP contribution in [0.4, 0.5) is 0 Å². The van der Waals surface area contributed by atoms with Crippen LogP contribution < -0.4 is 0 Å². The normalized spacial score (nSPS) is 12.0. The second kappa shape index (κ2) is 17.7. The van der Waals surface area contributed by atoms with Crippen LogP contribution >= 0.6 is 0 Å². The lowest BCUT2D eigenvalue weighted by Crippen LogP contribution is -1.93. The third-order valence-corrected chi connectivity index (χ3v) is 3.51. The topological polar surface area (TPSA) is 37.3 Å². The Labute approximate surface area is 137 Å². The van der Waals surface area contributed by atoms with Crippen molar-refractivity contribution in [2.24, 2.45) is 0 Å². The molecule has 2 heteroatoms. The molecule has 0 aliphatic rings. The molecule has 0 saturated heterocycles. The van der Waals surface area contributed by atoms with E-state index in [2.05, 4.69) is 43.4 Å². The Balaban J connectivity index is 3.28. The highest BCUT2D eigenvalue weighted by Crippen LogP contribution is 2.05. The molecule has 0 aromatic heterocycles. The SMILES string of the molecule is CCCCC/C=C/C/C=C/CC/C=C/CCCCCC(=O)O. The highest BCUT2D eigenvalue weighted by Gasteiger charge is 1.94. The van der Waals surface area contributed by atoms with Crippen LogP contribution in [0.25, 0.3) is 0 Å². The Kier molecular flexibility index (Phi) is 16.7. The number of carboxylic acid groups (broad SMARTS) is 1. The Morgan fingerprint density at radius 3 is 1.91 bits per heavy atom. The van der Waals surface area contributed by atoms with E-state index in [1.165, 1.54) is 25.7 Å². The van der Waals surface area contributed by atoms with Gasteiger partial charge >= 0.3 is 5.97 Å². The van der Waals surface area contributed by atoms with E-state index in [9.17, 15) is 4.79 Å². The fourth-order valence-electron chi connectivity index (χ4n) is 2.16. The average Bonchev–Trinajstić information content (AvgIpc) is 2.50. The first-order valence-electron chi connectivity index (χ1n) is 8.94. The van der Waals surface area contributed by atoms with Gasteiger partial charge in [0.05, 0.1) is 0 Å². The number of hydrogen-bond acceptors (Lipinski definition) is 1. The minimum atomic E-state index is -0.682. The molecular weight excluding hydrogens is 272 g/mol. The number of unbranched alkanes of at least 4 members (excludes halogenated alkanes) is 7. The molecule has 22 heavy (non-hydrogen) atoms. The Hall–Kier alpha value is -1.31. The van der Waals surface area contributed by atoms with Gasteiger partial charge in [0, 0.05) is 6.42 Å². The highest BCUT2D eigenvalue weighted by molar-refractivity contribution is 5.66. The van der Waals surface area contributed by atoms with Gasteiger partial charge in [-0.25, -0.2) is 0 Å². The minimum Gasteiger partial charge on any atom is -0.481 e. The fraction of sp³-hybridized carbons (Fsp3) is 0.650. The zero-order valence-corrected chi connectivity index (χ0v) is 14.3. The van der Waals surface area contributed by atoms with E-state index in [0.29, 0.717) is 6.42 Å². The summed E-state index contributed by atoms with van der Waals surface area (Å²) in [5, 5.41) is 8.51. The van der Waals surface area contributed by atoms with Crippen molar-refractivity contribution in [1.29, 1.82) is 0 Å². The van der Waals surface area contributed by atoms with E-state index >= 15 is 0 Å². The summed E-state index contributed by atoms with van der Waals surface area (Å²) < 4.78 is 0. The maximum atomic E-state index is 10.3. The van der Waals surface area contributed by atoms with Gasteiger partial charge in [-0.15, -0.1) is 0 Å². The van der Waals surface area contributed by atoms with Crippen molar-refractivity contribution < 1.29 is 9.90 Å². The number of allylic oxidation sites excluding steroid dienone is 6. The summed E-state index contributed by atoms with van der Waals surface area (Å²) in [6, 6.07) is 0. The molecule has 0 amide bonds. The lowest BCUT2D eigenvalue weighted by atomic mass is 10.1. The first-order valence-corrected chi connectivity index (χ1v) is 8.94. The van der Waals surface area contributed by atoms with E-state index in [-0.39, 0.29) is 0 Å². The number of carbonyl (C=O) groups is 1. The molecule has 0 aromatic carbocycles. The molecule has 0 fully saturated rings. The van der Waals surface area contributed by atoms with Gasteiger partial charge in [-0.3, -0.25) is 4.79 Å². The minimum absolute atomic E-state index is 0.307. The van der Waals surface area contributed by atoms with Gasteiger partial charge in [-0.05, 0) is 51.4 Å². The highest BCUT2D eigenvalue weighted by atomic mass is 16.4. The molecule has 1 N–H and O–H groups in total. The molecule has 0 atom stereocenters. The first kappa shape index (κ1) is 20.7. The van der Waals surface area contributed by atoms with Crippen molar-refractivity contribution in [2.45, 2.75) is 84.0 Å². The third-order valence-electron chi connectivity index (χ3n) is 3.51. The second-order valence-electron chi connectivity index (χ2n) is 5.72. The molecule has 0 rings (SSSR count). The van der Waals surface area contributed by atoms with Crippen LogP contribution in [0.3, 0.4) is 0 Å². The predicted octanol–water partition coefficient (Wildman–Crippen LogP) is 6.44. The summed E-state index contributed by atoms with van der Waals surface area (Å²) in [4.78, 5) is 10.3.